The highest BCUT2D eigenvalue weighted by atomic mass is 32.1. The zero-order chi connectivity index (χ0) is 16.1. The van der Waals surface area contributed by atoms with E-state index in [1.54, 1.807) is 18.6 Å². The molecule has 7 heteroatoms. The molecule has 0 bridgehead atoms. The SMILES string of the molecule is COCCn1c(=O)n(C2(C)CC2)c(=O)c2c(C)c(C=O)sc21. The number of carbonyl (C=O) groups is 1. The van der Waals surface area contributed by atoms with E-state index in [0.717, 1.165) is 19.1 Å². The Morgan fingerprint density at radius 1 is 1.36 bits per heavy atom. The van der Waals surface area contributed by atoms with Gasteiger partial charge in [-0.05, 0) is 32.3 Å². The van der Waals surface area contributed by atoms with E-state index in [-0.39, 0.29) is 11.2 Å². The molecule has 3 rings (SSSR count). The lowest BCUT2D eigenvalue weighted by molar-refractivity contribution is 0.112. The Hall–Kier alpha value is -1.73. The average molecular weight is 322 g/mol. The van der Waals surface area contributed by atoms with Crippen molar-refractivity contribution in [1.29, 1.82) is 0 Å². The summed E-state index contributed by atoms with van der Waals surface area (Å²) >= 11 is 1.20. The fraction of sp³-hybridized carbons (Fsp3) is 0.533. The monoisotopic (exact) mass is 322 g/mol. The van der Waals surface area contributed by atoms with E-state index in [4.69, 9.17) is 4.74 Å². The number of hydrogen-bond acceptors (Lipinski definition) is 5. The molecule has 0 radical (unpaired) electrons. The Morgan fingerprint density at radius 2 is 2.05 bits per heavy atom. The highest BCUT2D eigenvalue weighted by Crippen LogP contribution is 2.41. The quantitative estimate of drug-likeness (QED) is 0.782. The molecule has 0 spiro atoms. The van der Waals surface area contributed by atoms with Crippen LogP contribution in [0, 0.1) is 6.92 Å². The predicted octanol–water partition coefficient (Wildman–Crippen LogP) is 1.50. The Kier molecular flexibility index (Phi) is 3.57. The third-order valence-corrected chi connectivity index (χ3v) is 5.63. The van der Waals surface area contributed by atoms with Gasteiger partial charge in [0.15, 0.2) is 6.29 Å². The van der Waals surface area contributed by atoms with E-state index in [1.165, 1.54) is 15.9 Å². The van der Waals surface area contributed by atoms with Crippen LogP contribution in [0.1, 0.15) is 35.0 Å². The van der Waals surface area contributed by atoms with Crippen molar-refractivity contribution in [3.8, 4) is 0 Å². The number of methoxy groups -OCH3 is 1. The van der Waals surface area contributed by atoms with Crippen molar-refractivity contribution in [2.45, 2.75) is 38.8 Å². The molecule has 2 heterocycles. The maximum absolute atomic E-state index is 12.8. The maximum atomic E-state index is 12.8. The third kappa shape index (κ3) is 2.07. The number of aromatic nitrogens is 2. The van der Waals surface area contributed by atoms with Crippen LogP contribution in [0.2, 0.25) is 0 Å². The highest BCUT2D eigenvalue weighted by molar-refractivity contribution is 7.20. The molecule has 2 aromatic rings. The van der Waals surface area contributed by atoms with Crippen LogP contribution >= 0.6 is 11.3 Å². The molecule has 0 N–H and O–H groups in total. The van der Waals surface area contributed by atoms with Crippen LogP contribution in [0.3, 0.4) is 0 Å². The molecule has 1 fully saturated rings. The van der Waals surface area contributed by atoms with Gasteiger partial charge < -0.3 is 4.74 Å². The molecular weight excluding hydrogens is 304 g/mol. The number of thiophene rings is 1. The van der Waals surface area contributed by atoms with Crippen LogP contribution in [0.5, 0.6) is 0 Å². The second-order valence-electron chi connectivity index (χ2n) is 5.95. The minimum absolute atomic E-state index is 0.282. The first-order valence-corrected chi connectivity index (χ1v) is 8.00. The molecule has 0 aliphatic heterocycles. The number of aldehydes is 1. The highest BCUT2D eigenvalue weighted by Gasteiger charge is 2.42. The van der Waals surface area contributed by atoms with Gasteiger partial charge in [0.25, 0.3) is 5.56 Å². The van der Waals surface area contributed by atoms with Crippen LogP contribution in [0.15, 0.2) is 9.59 Å². The average Bonchev–Trinajstić information content (AvgIpc) is 3.12. The fourth-order valence-corrected chi connectivity index (χ4v) is 3.87. The number of aryl methyl sites for hydroxylation is 1. The van der Waals surface area contributed by atoms with Crippen LogP contribution in [-0.4, -0.2) is 29.1 Å². The summed E-state index contributed by atoms with van der Waals surface area (Å²) in [4.78, 5) is 37.9. The maximum Gasteiger partial charge on any atom is 0.332 e. The van der Waals surface area contributed by atoms with Crippen LogP contribution < -0.4 is 11.2 Å². The van der Waals surface area contributed by atoms with Crippen molar-refractivity contribution in [2.75, 3.05) is 13.7 Å². The fourth-order valence-electron chi connectivity index (χ4n) is 2.74. The number of hydrogen-bond donors (Lipinski definition) is 0. The number of carbonyl (C=O) groups excluding carboxylic acids is 1. The normalized spacial score (nSPS) is 16.1. The number of ether oxygens (including phenoxy) is 1. The smallest absolute Gasteiger partial charge is 0.332 e. The van der Waals surface area contributed by atoms with E-state index in [0.29, 0.717) is 33.8 Å². The molecule has 0 amide bonds. The predicted molar refractivity (Wildman–Crippen MR) is 85.2 cm³/mol. The summed E-state index contributed by atoms with van der Waals surface area (Å²) in [7, 11) is 1.57. The number of nitrogens with zero attached hydrogens (tertiary/aromatic N) is 2. The summed E-state index contributed by atoms with van der Waals surface area (Å²) < 4.78 is 8.00. The van der Waals surface area contributed by atoms with Gasteiger partial charge in [-0.2, -0.15) is 0 Å². The molecule has 1 aliphatic rings. The Bertz CT molecular complexity index is 870. The van der Waals surface area contributed by atoms with E-state index in [1.807, 2.05) is 6.92 Å². The molecule has 0 atom stereocenters. The second-order valence-corrected chi connectivity index (χ2v) is 6.98. The molecule has 2 aromatic heterocycles. The Labute approximate surface area is 130 Å². The number of rotatable bonds is 5. The van der Waals surface area contributed by atoms with Crippen LogP contribution in [0.4, 0.5) is 0 Å². The summed E-state index contributed by atoms with van der Waals surface area (Å²) in [5, 5.41) is 0.482. The molecule has 22 heavy (non-hydrogen) atoms. The van der Waals surface area contributed by atoms with E-state index in [9.17, 15) is 14.4 Å². The molecule has 6 nitrogen and oxygen atoms in total. The van der Waals surface area contributed by atoms with Crippen molar-refractivity contribution < 1.29 is 9.53 Å². The molecule has 1 saturated carbocycles. The summed E-state index contributed by atoms with van der Waals surface area (Å²) in [6.45, 7) is 4.41. The second kappa shape index (κ2) is 5.17. The lowest BCUT2D eigenvalue weighted by Crippen LogP contribution is -2.45. The summed E-state index contributed by atoms with van der Waals surface area (Å²) in [6, 6.07) is 0. The molecule has 0 saturated heterocycles. The summed E-state index contributed by atoms with van der Waals surface area (Å²) in [5.41, 5.74) is -0.333. The van der Waals surface area contributed by atoms with Crippen LogP contribution in [0.25, 0.3) is 10.2 Å². The van der Waals surface area contributed by atoms with Crippen molar-refractivity contribution in [3.05, 3.63) is 31.3 Å². The van der Waals surface area contributed by atoms with E-state index in [2.05, 4.69) is 0 Å². The van der Waals surface area contributed by atoms with Crippen molar-refractivity contribution in [2.24, 2.45) is 0 Å². The van der Waals surface area contributed by atoms with Gasteiger partial charge in [-0.25, -0.2) is 4.79 Å². The molecule has 1 aliphatic carbocycles. The van der Waals surface area contributed by atoms with Gasteiger partial charge in [0, 0.05) is 7.11 Å². The topological polar surface area (TPSA) is 70.3 Å². The molecule has 118 valence electrons. The first kappa shape index (κ1) is 15.2. The van der Waals surface area contributed by atoms with Gasteiger partial charge in [-0.15, -0.1) is 11.3 Å². The Morgan fingerprint density at radius 3 is 2.59 bits per heavy atom. The third-order valence-electron chi connectivity index (χ3n) is 4.39. The summed E-state index contributed by atoms with van der Waals surface area (Å²) in [5.74, 6) is 0. The van der Waals surface area contributed by atoms with Crippen molar-refractivity contribution >= 4 is 27.8 Å². The minimum Gasteiger partial charge on any atom is -0.383 e. The van der Waals surface area contributed by atoms with Gasteiger partial charge in [-0.3, -0.25) is 18.7 Å². The zero-order valence-corrected chi connectivity index (χ0v) is 13.7. The summed E-state index contributed by atoms with van der Waals surface area (Å²) in [6.07, 6.45) is 2.39. The van der Waals surface area contributed by atoms with Gasteiger partial charge >= 0.3 is 5.69 Å². The van der Waals surface area contributed by atoms with Gasteiger partial charge in [0.1, 0.15) is 4.83 Å². The largest absolute Gasteiger partial charge is 0.383 e. The lowest BCUT2D eigenvalue weighted by Gasteiger charge is -2.16. The minimum atomic E-state index is -0.396. The van der Waals surface area contributed by atoms with Gasteiger partial charge in [-0.1, -0.05) is 0 Å². The van der Waals surface area contributed by atoms with Crippen molar-refractivity contribution in [3.63, 3.8) is 0 Å². The van der Waals surface area contributed by atoms with Gasteiger partial charge in [0.05, 0.1) is 29.0 Å². The van der Waals surface area contributed by atoms with Crippen LogP contribution in [-0.2, 0) is 16.8 Å². The number of fused-ring (bicyclic) bond motifs is 1. The van der Waals surface area contributed by atoms with Gasteiger partial charge in [0.2, 0.25) is 0 Å². The zero-order valence-electron chi connectivity index (χ0n) is 12.8. The molecule has 0 aromatic carbocycles. The first-order valence-electron chi connectivity index (χ1n) is 7.18. The van der Waals surface area contributed by atoms with Crippen molar-refractivity contribution in [1.82, 2.24) is 9.13 Å². The van der Waals surface area contributed by atoms with E-state index >= 15 is 0 Å². The first-order chi connectivity index (χ1) is 10.4. The molecular formula is C15H18N2O4S. The standard InChI is InChI=1S/C15H18N2O4S/c1-9-10(8-18)22-13-11(9)12(19)17(15(2)4-5-15)14(20)16(13)6-7-21-3/h8H,4-7H2,1-3H3. The lowest BCUT2D eigenvalue weighted by atomic mass is 10.2. The van der Waals surface area contributed by atoms with E-state index < -0.39 is 5.54 Å². The molecule has 0 unspecified atom stereocenters. The Balaban J connectivity index is 2.42.